The summed E-state index contributed by atoms with van der Waals surface area (Å²) < 4.78 is 27.8. The van der Waals surface area contributed by atoms with Crippen molar-refractivity contribution in [3.05, 3.63) is 24.3 Å². The van der Waals surface area contributed by atoms with Crippen molar-refractivity contribution in [2.45, 2.75) is 78.0 Å². The second-order valence-electron chi connectivity index (χ2n) is 8.19. The van der Waals surface area contributed by atoms with Crippen LogP contribution >= 0.6 is 14.3 Å². The van der Waals surface area contributed by atoms with Gasteiger partial charge in [0.2, 0.25) is 0 Å². The molecule has 0 fully saturated rings. The number of fused-ring (bicyclic) bond motifs is 1. The summed E-state index contributed by atoms with van der Waals surface area (Å²) >= 11 is 0. The second kappa shape index (κ2) is 7.56. The number of hydrogen-bond donors (Lipinski definition) is 0. The van der Waals surface area contributed by atoms with Crippen LogP contribution in [0, 0.1) is 0 Å². The van der Waals surface area contributed by atoms with Crippen molar-refractivity contribution in [1.82, 2.24) is 10.2 Å². The summed E-state index contributed by atoms with van der Waals surface area (Å²) in [5, 5.41) is 10.6. The molecule has 1 heterocycles. The van der Waals surface area contributed by atoms with Crippen LogP contribution in [0.2, 0.25) is 0 Å². The number of hydrogen-bond acceptors (Lipinski definition) is 4. The van der Waals surface area contributed by atoms with Gasteiger partial charge in [-0.15, -0.1) is 10.2 Å². The Morgan fingerprint density at radius 3 is 1.12 bits per heavy atom. The predicted molar refractivity (Wildman–Crippen MR) is 115 cm³/mol. The number of aromatic nitrogens is 2. The predicted octanol–water partition coefficient (Wildman–Crippen LogP) is 5.24. The minimum absolute atomic E-state index is 0.0203. The van der Waals surface area contributed by atoms with E-state index in [4.69, 9.17) is 0 Å². The monoisotopic (exact) mass is 394 g/mol. The fourth-order valence-electron chi connectivity index (χ4n) is 3.76. The molecular formula is C20H32N2O2P2. The maximum absolute atomic E-state index is 13.9. The van der Waals surface area contributed by atoms with Crippen LogP contribution in [0.5, 0.6) is 0 Å². The first-order valence-corrected chi connectivity index (χ1v) is 13.1. The molecule has 6 heteroatoms. The zero-order valence-corrected chi connectivity index (χ0v) is 19.0. The summed E-state index contributed by atoms with van der Waals surface area (Å²) in [4.78, 5) is 0. The summed E-state index contributed by atoms with van der Waals surface area (Å²) in [6.07, 6.45) is 0. The van der Waals surface area contributed by atoms with E-state index in [1.165, 1.54) is 0 Å². The highest BCUT2D eigenvalue weighted by molar-refractivity contribution is 7.74. The van der Waals surface area contributed by atoms with Crippen LogP contribution in [0.4, 0.5) is 0 Å². The highest BCUT2D eigenvalue weighted by atomic mass is 31.2. The van der Waals surface area contributed by atoms with Crippen molar-refractivity contribution < 1.29 is 9.13 Å². The number of rotatable bonds is 6. The Bertz CT molecular complexity index is 792. The van der Waals surface area contributed by atoms with Crippen molar-refractivity contribution in [3.8, 4) is 0 Å². The largest absolute Gasteiger partial charge is 0.316 e. The topological polar surface area (TPSA) is 59.9 Å². The molecule has 0 spiro atoms. The Balaban J connectivity index is 2.92. The van der Waals surface area contributed by atoms with Crippen molar-refractivity contribution in [3.63, 3.8) is 0 Å². The molecular weight excluding hydrogens is 362 g/mol. The standard InChI is InChI=1S/C20H32N2O2P2/c1-13(2)25(23,14(3)4)19-17-11-9-10-12-18(17)20(22-21-19)26(24,15(5)6)16(7)8/h9-16H,1-8H3. The third kappa shape index (κ3) is 3.20. The molecule has 144 valence electrons. The first-order valence-electron chi connectivity index (χ1n) is 9.44. The van der Waals surface area contributed by atoms with Crippen LogP contribution in [0.3, 0.4) is 0 Å². The van der Waals surface area contributed by atoms with E-state index in [9.17, 15) is 9.13 Å². The lowest BCUT2D eigenvalue weighted by Gasteiger charge is -2.29. The van der Waals surface area contributed by atoms with Crippen LogP contribution in [0.1, 0.15) is 55.4 Å². The maximum Gasteiger partial charge on any atom is 0.140 e. The molecule has 0 amide bonds. The lowest BCUT2D eigenvalue weighted by Crippen LogP contribution is -2.30. The van der Waals surface area contributed by atoms with Gasteiger partial charge in [-0.1, -0.05) is 79.7 Å². The SMILES string of the molecule is CC(C)P(=O)(c1nnc(P(=O)(C(C)C)C(C)C)c2ccccc12)C(C)C. The molecule has 0 N–H and O–H groups in total. The molecule has 0 bridgehead atoms. The molecule has 2 aromatic rings. The smallest absolute Gasteiger partial charge is 0.140 e. The minimum atomic E-state index is -2.74. The molecule has 4 nitrogen and oxygen atoms in total. The first-order chi connectivity index (χ1) is 12.0. The van der Waals surface area contributed by atoms with Gasteiger partial charge in [-0.3, -0.25) is 0 Å². The highest BCUT2D eigenvalue weighted by Gasteiger charge is 2.40. The second-order valence-corrected chi connectivity index (χ2v) is 16.0. The van der Waals surface area contributed by atoms with E-state index < -0.39 is 14.3 Å². The zero-order valence-electron chi connectivity index (χ0n) is 17.2. The maximum atomic E-state index is 13.9. The molecule has 1 aromatic heterocycles. The lowest BCUT2D eigenvalue weighted by atomic mass is 10.2. The average Bonchev–Trinajstić information content (AvgIpc) is 2.58. The van der Waals surface area contributed by atoms with E-state index in [0.29, 0.717) is 10.9 Å². The quantitative estimate of drug-likeness (QED) is 0.629. The van der Waals surface area contributed by atoms with E-state index in [0.717, 1.165) is 10.8 Å². The van der Waals surface area contributed by atoms with Crippen LogP contribution in [0.25, 0.3) is 10.8 Å². The Morgan fingerprint density at radius 1 is 0.615 bits per heavy atom. The summed E-state index contributed by atoms with van der Waals surface area (Å²) in [6, 6.07) is 7.76. The van der Waals surface area contributed by atoms with Gasteiger partial charge < -0.3 is 9.13 Å². The molecule has 0 atom stereocenters. The van der Waals surface area contributed by atoms with E-state index in [2.05, 4.69) is 10.2 Å². The number of benzene rings is 1. The summed E-state index contributed by atoms with van der Waals surface area (Å²) in [5.41, 5.74) is 1.09. The van der Waals surface area contributed by atoms with Gasteiger partial charge in [-0.05, 0) is 0 Å². The summed E-state index contributed by atoms with van der Waals surface area (Å²) in [6.45, 7) is 15.9. The molecule has 1 aromatic carbocycles. The van der Waals surface area contributed by atoms with Gasteiger partial charge in [0.25, 0.3) is 0 Å². The molecule has 0 saturated carbocycles. The van der Waals surface area contributed by atoms with E-state index in [1.54, 1.807) is 0 Å². The Hall–Kier alpha value is -0.980. The van der Waals surface area contributed by atoms with Crippen molar-refractivity contribution in [1.29, 1.82) is 0 Å². The molecule has 0 unspecified atom stereocenters. The molecule has 2 rings (SSSR count). The van der Waals surface area contributed by atoms with Crippen LogP contribution in [0.15, 0.2) is 24.3 Å². The van der Waals surface area contributed by atoms with Crippen molar-refractivity contribution in [2.24, 2.45) is 0 Å². The van der Waals surface area contributed by atoms with Gasteiger partial charge in [0.1, 0.15) is 25.2 Å². The summed E-state index contributed by atoms with van der Waals surface area (Å²) in [7, 11) is -5.49. The zero-order chi connectivity index (χ0) is 19.9. The fourth-order valence-corrected chi connectivity index (χ4v) is 9.62. The Morgan fingerprint density at radius 2 is 0.885 bits per heavy atom. The third-order valence-corrected chi connectivity index (χ3v) is 13.5. The van der Waals surface area contributed by atoms with Gasteiger partial charge in [0.05, 0.1) is 0 Å². The molecule has 0 aliphatic heterocycles. The van der Waals surface area contributed by atoms with Gasteiger partial charge in [-0.2, -0.15) is 0 Å². The van der Waals surface area contributed by atoms with Crippen LogP contribution in [-0.4, -0.2) is 32.8 Å². The molecule has 0 radical (unpaired) electrons. The highest BCUT2D eigenvalue weighted by Crippen LogP contribution is 2.56. The van der Waals surface area contributed by atoms with Gasteiger partial charge >= 0.3 is 0 Å². The van der Waals surface area contributed by atoms with Crippen molar-refractivity contribution >= 4 is 35.9 Å². The summed E-state index contributed by atoms with van der Waals surface area (Å²) in [5.74, 6) is 0. The van der Waals surface area contributed by atoms with E-state index >= 15 is 0 Å². The first kappa shape index (κ1) is 21.3. The molecule has 0 saturated heterocycles. The van der Waals surface area contributed by atoms with Crippen LogP contribution < -0.4 is 10.9 Å². The molecule has 0 aliphatic rings. The van der Waals surface area contributed by atoms with Gasteiger partial charge in [0.15, 0.2) is 0 Å². The Kier molecular flexibility index (Phi) is 6.20. The van der Waals surface area contributed by atoms with E-state index in [-0.39, 0.29) is 22.6 Å². The van der Waals surface area contributed by atoms with Gasteiger partial charge in [-0.25, -0.2) is 0 Å². The average molecular weight is 394 g/mol. The number of nitrogens with zero attached hydrogens (tertiary/aromatic N) is 2. The molecule has 0 aliphatic carbocycles. The normalized spacial score (nSPS) is 13.5. The van der Waals surface area contributed by atoms with Crippen LogP contribution in [-0.2, 0) is 9.13 Å². The minimum Gasteiger partial charge on any atom is -0.316 e. The Labute approximate surface area is 157 Å². The lowest BCUT2D eigenvalue weighted by molar-refractivity contribution is 0.566. The third-order valence-electron chi connectivity index (χ3n) is 5.38. The van der Waals surface area contributed by atoms with Gasteiger partial charge in [0, 0.05) is 33.4 Å². The molecule has 26 heavy (non-hydrogen) atoms. The van der Waals surface area contributed by atoms with Crippen molar-refractivity contribution in [2.75, 3.05) is 0 Å². The van der Waals surface area contributed by atoms with E-state index in [1.807, 2.05) is 79.7 Å². The fraction of sp³-hybridized carbons (Fsp3) is 0.600.